The highest BCUT2D eigenvalue weighted by atomic mass is 35.5. The second-order valence-electron chi connectivity index (χ2n) is 13.0. The molecule has 0 aliphatic carbocycles. The van der Waals surface area contributed by atoms with Crippen molar-refractivity contribution >= 4 is 51.9 Å². The van der Waals surface area contributed by atoms with Crippen LogP contribution in [0.1, 0.15) is 46.3 Å². The average molecular weight is 794 g/mol. The summed E-state index contributed by atoms with van der Waals surface area (Å²) in [7, 11) is 0. The van der Waals surface area contributed by atoms with Gasteiger partial charge in [-0.2, -0.15) is 0 Å². The first-order chi connectivity index (χ1) is 26.9. The van der Waals surface area contributed by atoms with E-state index in [4.69, 9.17) is 23.7 Å². The summed E-state index contributed by atoms with van der Waals surface area (Å²) in [5.74, 6) is 0.341. The summed E-state index contributed by atoms with van der Waals surface area (Å²) in [6.45, 7) is 3.48. The second-order valence-corrected chi connectivity index (χ2v) is 14.1. The summed E-state index contributed by atoms with van der Waals surface area (Å²) in [5.41, 5.74) is 2.81. The van der Waals surface area contributed by atoms with Crippen LogP contribution >= 0.6 is 23.7 Å². The number of carbonyl (C=O) groups is 3. The summed E-state index contributed by atoms with van der Waals surface area (Å²) < 4.78 is 28.7. The number of fused-ring (bicyclic) bond motifs is 1. The van der Waals surface area contributed by atoms with Crippen molar-refractivity contribution in [3.05, 3.63) is 144 Å². The molecule has 288 valence electrons. The number of ether oxygens (including phenoxy) is 5. The van der Waals surface area contributed by atoms with Crippen LogP contribution in [0, 0.1) is 0 Å². The number of hydrogen-bond acceptors (Lipinski definition) is 11. The van der Waals surface area contributed by atoms with Crippen molar-refractivity contribution in [1.29, 1.82) is 0 Å². The zero-order chi connectivity index (χ0) is 38.0. The van der Waals surface area contributed by atoms with Crippen molar-refractivity contribution in [3.8, 4) is 33.4 Å². The Kier molecular flexibility index (Phi) is 13.6. The van der Waals surface area contributed by atoms with Crippen LogP contribution in [0.15, 0.2) is 121 Å². The molecule has 1 fully saturated rings. The van der Waals surface area contributed by atoms with Crippen LogP contribution in [-0.4, -0.2) is 54.3 Å². The summed E-state index contributed by atoms with van der Waals surface area (Å²) in [5, 5.41) is 10.4. The van der Waals surface area contributed by atoms with Gasteiger partial charge in [0.25, 0.3) is 0 Å². The fraction of sp³-hybridized carbons (Fsp3) is 0.205. The third-order valence-corrected chi connectivity index (χ3v) is 10.3. The molecule has 0 amide bonds. The summed E-state index contributed by atoms with van der Waals surface area (Å²) in [6, 6.07) is 34.6. The number of hydrogen-bond donors (Lipinski definition) is 1. The molecule has 0 spiro atoms. The molecule has 12 heteroatoms. The molecule has 6 aromatic rings. The Balaban J connectivity index is 0.00000532. The molecule has 5 aromatic carbocycles. The Labute approximate surface area is 334 Å². The predicted octanol–water partition coefficient (Wildman–Crippen LogP) is 10.2. The van der Waals surface area contributed by atoms with Crippen LogP contribution in [0.4, 0.5) is 9.59 Å². The molecule has 7 rings (SSSR count). The maximum absolute atomic E-state index is 14.6. The molecule has 0 atom stereocenters. The van der Waals surface area contributed by atoms with Crippen LogP contribution in [0.25, 0.3) is 20.5 Å². The Bertz CT molecular complexity index is 2240. The highest BCUT2D eigenvalue weighted by molar-refractivity contribution is 7.23. The standard InChI is InChI=1S/C44H39NO9S.ClH/c46-34-18-14-33(15-19-34)42-40(41(47)32-16-20-35(21-17-32)50-25-24-45-22-8-3-9-23-45)39-37(54-44(49)52-29-31-12-6-2-7-13-31)26-36(27-38(39)55-42)53-43(48)51-28-30-10-4-1-5-11-30;/h1-2,4-7,10-21,26-27,46H,3,8-9,22-25,28-29H2;1H. The van der Waals surface area contributed by atoms with E-state index in [1.165, 1.54) is 48.8 Å². The third-order valence-electron chi connectivity index (χ3n) is 9.12. The molecule has 2 heterocycles. The van der Waals surface area contributed by atoms with E-state index in [-0.39, 0.29) is 54.2 Å². The van der Waals surface area contributed by atoms with Gasteiger partial charge in [0.1, 0.15) is 42.8 Å². The molecule has 56 heavy (non-hydrogen) atoms. The highest BCUT2D eigenvalue weighted by Crippen LogP contribution is 2.46. The molecule has 0 radical (unpaired) electrons. The van der Waals surface area contributed by atoms with Gasteiger partial charge in [-0.3, -0.25) is 9.69 Å². The first-order valence-electron chi connectivity index (χ1n) is 18.1. The number of piperidine rings is 1. The molecule has 1 aliphatic heterocycles. The molecule has 1 aromatic heterocycles. The summed E-state index contributed by atoms with van der Waals surface area (Å²) >= 11 is 1.24. The van der Waals surface area contributed by atoms with E-state index in [2.05, 4.69) is 4.90 Å². The van der Waals surface area contributed by atoms with Gasteiger partial charge in [0.05, 0.1) is 5.56 Å². The fourth-order valence-corrected chi connectivity index (χ4v) is 7.59. The number of thiophene rings is 1. The molecular weight excluding hydrogens is 754 g/mol. The molecule has 0 saturated carbocycles. The van der Waals surface area contributed by atoms with E-state index < -0.39 is 12.3 Å². The van der Waals surface area contributed by atoms with Crippen molar-refractivity contribution < 1.29 is 43.2 Å². The lowest BCUT2D eigenvalue weighted by atomic mass is 9.97. The van der Waals surface area contributed by atoms with Crippen molar-refractivity contribution in [2.75, 3.05) is 26.2 Å². The minimum Gasteiger partial charge on any atom is -0.508 e. The quantitative estimate of drug-likeness (QED) is 0.0687. The first-order valence-corrected chi connectivity index (χ1v) is 18.9. The number of likely N-dealkylation sites (tertiary alicyclic amines) is 1. The summed E-state index contributed by atoms with van der Waals surface area (Å²) in [6.07, 6.45) is 1.70. The van der Waals surface area contributed by atoms with Crippen molar-refractivity contribution in [2.24, 2.45) is 0 Å². The van der Waals surface area contributed by atoms with E-state index in [9.17, 15) is 19.5 Å². The first kappa shape index (κ1) is 39.8. The van der Waals surface area contributed by atoms with E-state index in [1.54, 1.807) is 42.5 Å². The van der Waals surface area contributed by atoms with Gasteiger partial charge in [-0.25, -0.2) is 9.59 Å². The number of rotatable bonds is 13. The number of phenolic OH excluding ortho intramolecular Hbond substituents is 1. The van der Waals surface area contributed by atoms with Crippen LogP contribution in [0.2, 0.25) is 0 Å². The van der Waals surface area contributed by atoms with Gasteiger partial charge in [-0.15, -0.1) is 23.7 Å². The minimum absolute atomic E-state index is 0. The average Bonchev–Trinajstić information content (AvgIpc) is 3.60. The molecule has 0 unspecified atom stereocenters. The van der Waals surface area contributed by atoms with E-state index in [1.807, 2.05) is 60.7 Å². The Morgan fingerprint density at radius 2 is 1.29 bits per heavy atom. The SMILES string of the molecule is Cl.O=C(OCc1ccccc1)Oc1cc(OC(=O)OCc2ccccc2)c2c(C(=O)c3ccc(OCCN4CCCCC4)cc3)c(-c3ccc(O)cc3)sc2c1. The smallest absolute Gasteiger partial charge is 0.508 e. The zero-order valence-corrected chi connectivity index (χ0v) is 32.0. The lowest BCUT2D eigenvalue weighted by Gasteiger charge is -2.26. The largest absolute Gasteiger partial charge is 0.514 e. The van der Waals surface area contributed by atoms with Gasteiger partial charge < -0.3 is 28.8 Å². The fourth-order valence-electron chi connectivity index (χ4n) is 6.34. The normalized spacial score (nSPS) is 12.6. The number of halogens is 1. The topological polar surface area (TPSA) is 121 Å². The van der Waals surface area contributed by atoms with Crippen molar-refractivity contribution in [2.45, 2.75) is 32.5 Å². The van der Waals surface area contributed by atoms with E-state index >= 15 is 0 Å². The molecule has 0 bridgehead atoms. The minimum atomic E-state index is -1.02. The molecule has 1 saturated heterocycles. The predicted molar refractivity (Wildman–Crippen MR) is 216 cm³/mol. The van der Waals surface area contributed by atoms with Crippen LogP contribution < -0.4 is 14.2 Å². The summed E-state index contributed by atoms with van der Waals surface area (Å²) in [4.78, 5) is 43.6. The van der Waals surface area contributed by atoms with E-state index in [0.29, 0.717) is 38.4 Å². The number of aromatic hydroxyl groups is 1. The third kappa shape index (κ3) is 10.2. The van der Waals surface area contributed by atoms with Crippen LogP contribution in [0.5, 0.6) is 23.0 Å². The molecular formula is C44H40ClNO9S. The monoisotopic (exact) mass is 793 g/mol. The van der Waals surface area contributed by atoms with Gasteiger partial charge in [-0.05, 0) is 97.2 Å². The van der Waals surface area contributed by atoms with Crippen LogP contribution in [0.3, 0.4) is 0 Å². The number of carbonyl (C=O) groups excluding carboxylic acids is 3. The molecule has 1 N–H and O–H groups in total. The maximum atomic E-state index is 14.6. The maximum Gasteiger partial charge on any atom is 0.514 e. The molecule has 1 aliphatic rings. The second kappa shape index (κ2) is 19.1. The van der Waals surface area contributed by atoms with Crippen molar-refractivity contribution in [3.63, 3.8) is 0 Å². The number of phenols is 1. The Morgan fingerprint density at radius 3 is 1.91 bits per heavy atom. The highest BCUT2D eigenvalue weighted by Gasteiger charge is 2.27. The van der Waals surface area contributed by atoms with Crippen molar-refractivity contribution in [1.82, 2.24) is 4.90 Å². The number of ketones is 1. The van der Waals surface area contributed by atoms with Gasteiger partial charge >= 0.3 is 12.3 Å². The number of benzene rings is 5. The van der Waals surface area contributed by atoms with Gasteiger partial charge in [0, 0.05) is 33.1 Å². The Morgan fingerprint density at radius 1 is 0.679 bits per heavy atom. The van der Waals surface area contributed by atoms with Gasteiger partial charge in [-0.1, -0.05) is 67.1 Å². The lowest BCUT2D eigenvalue weighted by molar-refractivity contribution is 0.0914. The molecule has 10 nitrogen and oxygen atoms in total. The van der Waals surface area contributed by atoms with Gasteiger partial charge in [0.2, 0.25) is 0 Å². The van der Waals surface area contributed by atoms with Gasteiger partial charge in [0.15, 0.2) is 5.78 Å². The Hall–Kier alpha value is -5.88. The zero-order valence-electron chi connectivity index (χ0n) is 30.4. The number of nitrogens with zero attached hydrogens (tertiary/aromatic N) is 1. The van der Waals surface area contributed by atoms with Crippen LogP contribution in [-0.2, 0) is 22.7 Å². The lowest BCUT2D eigenvalue weighted by Crippen LogP contribution is -2.33. The van der Waals surface area contributed by atoms with E-state index in [0.717, 1.165) is 30.8 Å².